The van der Waals surface area contributed by atoms with Gasteiger partial charge in [-0.1, -0.05) is 42.5 Å². The Kier molecular flexibility index (Phi) is 5.79. The van der Waals surface area contributed by atoms with Crippen LogP contribution in [0.4, 0.5) is 0 Å². The first kappa shape index (κ1) is 19.2. The molecule has 1 unspecified atom stereocenters. The SMILES string of the molecule is C=C1CC(C#N)(C#N)CCOC(=O)C(Cc2ccccc2)(C(=O)OC)C1. The molecule has 0 aromatic heterocycles. The number of ether oxygens (including phenoxy) is 2. The van der Waals surface area contributed by atoms with E-state index in [2.05, 4.69) is 6.58 Å². The number of esters is 2. The highest BCUT2D eigenvalue weighted by atomic mass is 16.6. The number of carbonyl (C=O) groups excluding carboxylic acids is 2. The molecule has 1 atom stereocenters. The molecule has 0 radical (unpaired) electrons. The van der Waals surface area contributed by atoms with Crippen LogP contribution in [0, 0.1) is 33.5 Å². The minimum Gasteiger partial charge on any atom is -0.468 e. The van der Waals surface area contributed by atoms with E-state index in [4.69, 9.17) is 9.47 Å². The van der Waals surface area contributed by atoms with E-state index in [1.807, 2.05) is 42.5 Å². The van der Waals surface area contributed by atoms with Crippen LogP contribution in [0.15, 0.2) is 42.5 Å². The molecule has 0 bridgehead atoms. The van der Waals surface area contributed by atoms with Crippen molar-refractivity contribution in [3.8, 4) is 12.1 Å². The highest BCUT2D eigenvalue weighted by molar-refractivity contribution is 6.00. The van der Waals surface area contributed by atoms with E-state index >= 15 is 0 Å². The topological polar surface area (TPSA) is 100 Å². The standard InChI is InChI=1S/C20H20N2O4/c1-15-10-19(13-21,14-22)8-9-26-18(24)20(11-15,17(23)25-2)12-16-6-4-3-5-7-16/h3-7H,1,8-12H2,2H3. The number of nitrogens with zero attached hydrogens (tertiary/aromatic N) is 2. The number of hydrogen-bond donors (Lipinski definition) is 0. The Morgan fingerprint density at radius 3 is 2.50 bits per heavy atom. The maximum absolute atomic E-state index is 12.8. The average molecular weight is 352 g/mol. The summed E-state index contributed by atoms with van der Waals surface area (Å²) in [5.41, 5.74) is -1.67. The van der Waals surface area contributed by atoms with Crippen LogP contribution < -0.4 is 0 Å². The Morgan fingerprint density at radius 2 is 1.92 bits per heavy atom. The largest absolute Gasteiger partial charge is 0.468 e. The summed E-state index contributed by atoms with van der Waals surface area (Å²) in [6.45, 7) is 3.79. The van der Waals surface area contributed by atoms with Crippen molar-refractivity contribution in [1.29, 1.82) is 10.5 Å². The number of carbonyl (C=O) groups is 2. The van der Waals surface area contributed by atoms with Gasteiger partial charge in [-0.3, -0.25) is 9.59 Å². The monoisotopic (exact) mass is 352 g/mol. The van der Waals surface area contributed by atoms with E-state index in [1.54, 1.807) is 0 Å². The molecule has 1 aromatic carbocycles. The third kappa shape index (κ3) is 3.75. The summed E-state index contributed by atoms with van der Waals surface area (Å²) in [6.07, 6.45) is 0.181. The minimum absolute atomic E-state index is 0.0431. The first-order valence-corrected chi connectivity index (χ1v) is 8.20. The number of allylic oxidation sites excluding steroid dienone is 1. The maximum atomic E-state index is 12.8. The molecule has 2 rings (SSSR count). The van der Waals surface area contributed by atoms with Crippen molar-refractivity contribution >= 4 is 11.9 Å². The van der Waals surface area contributed by atoms with Gasteiger partial charge >= 0.3 is 11.9 Å². The summed E-state index contributed by atoms with van der Waals surface area (Å²) in [6, 6.07) is 13.1. The number of benzene rings is 1. The van der Waals surface area contributed by atoms with Crippen LogP contribution in [0.5, 0.6) is 0 Å². The molecule has 0 saturated carbocycles. The van der Waals surface area contributed by atoms with Crippen molar-refractivity contribution in [2.45, 2.75) is 25.7 Å². The molecule has 6 nitrogen and oxygen atoms in total. The Morgan fingerprint density at radius 1 is 1.27 bits per heavy atom. The van der Waals surface area contributed by atoms with Gasteiger partial charge in [0.1, 0.15) is 0 Å². The van der Waals surface area contributed by atoms with Gasteiger partial charge in [-0.15, -0.1) is 0 Å². The summed E-state index contributed by atoms with van der Waals surface area (Å²) in [4.78, 5) is 25.5. The fraction of sp³-hybridized carbons (Fsp3) is 0.400. The van der Waals surface area contributed by atoms with Gasteiger partial charge in [0, 0.05) is 12.8 Å². The second-order valence-corrected chi connectivity index (χ2v) is 6.53. The number of nitriles is 2. The number of methoxy groups -OCH3 is 1. The van der Waals surface area contributed by atoms with Gasteiger partial charge in [0.15, 0.2) is 10.8 Å². The fourth-order valence-electron chi connectivity index (χ4n) is 3.25. The molecule has 1 heterocycles. The van der Waals surface area contributed by atoms with Crippen molar-refractivity contribution in [2.75, 3.05) is 13.7 Å². The predicted octanol–water partition coefficient (Wildman–Crippen LogP) is 2.71. The lowest BCUT2D eigenvalue weighted by molar-refractivity contribution is -0.171. The summed E-state index contributed by atoms with van der Waals surface area (Å²) in [7, 11) is 1.21. The molecule has 0 amide bonds. The Labute approximate surface area is 152 Å². The molecule has 26 heavy (non-hydrogen) atoms. The molecule has 134 valence electrons. The minimum atomic E-state index is -1.59. The lowest BCUT2D eigenvalue weighted by Crippen LogP contribution is -2.43. The molecule has 6 heteroatoms. The van der Waals surface area contributed by atoms with E-state index < -0.39 is 22.8 Å². The number of rotatable bonds is 3. The molecular formula is C20H20N2O4. The molecule has 0 spiro atoms. The van der Waals surface area contributed by atoms with Crippen LogP contribution in [0.25, 0.3) is 0 Å². The van der Waals surface area contributed by atoms with Crippen LogP contribution in [0.3, 0.4) is 0 Å². The van der Waals surface area contributed by atoms with Crippen LogP contribution in [-0.4, -0.2) is 25.7 Å². The van der Waals surface area contributed by atoms with Crippen molar-refractivity contribution in [1.82, 2.24) is 0 Å². The van der Waals surface area contributed by atoms with Crippen LogP contribution >= 0.6 is 0 Å². The normalized spacial score (nSPS) is 22.6. The van der Waals surface area contributed by atoms with E-state index in [0.717, 1.165) is 5.56 Å². The third-order valence-electron chi connectivity index (χ3n) is 4.61. The Balaban J connectivity index is 2.47. The van der Waals surface area contributed by atoms with Gasteiger partial charge in [0.25, 0.3) is 0 Å². The van der Waals surface area contributed by atoms with Gasteiger partial charge in [-0.05, 0) is 18.4 Å². The number of cyclic esters (lactones) is 1. The van der Waals surface area contributed by atoms with Crippen LogP contribution in [0.1, 0.15) is 24.8 Å². The molecule has 0 N–H and O–H groups in total. The van der Waals surface area contributed by atoms with Gasteiger partial charge < -0.3 is 9.47 Å². The first-order chi connectivity index (χ1) is 12.4. The molecule has 1 saturated heterocycles. The van der Waals surface area contributed by atoms with Gasteiger partial charge in [0.2, 0.25) is 0 Å². The first-order valence-electron chi connectivity index (χ1n) is 8.20. The Bertz CT molecular complexity index is 774. The molecule has 1 fully saturated rings. The molecule has 1 aliphatic heterocycles. The van der Waals surface area contributed by atoms with E-state index in [9.17, 15) is 20.1 Å². The lowest BCUT2D eigenvalue weighted by Gasteiger charge is -2.29. The van der Waals surface area contributed by atoms with E-state index in [-0.39, 0.29) is 32.3 Å². The zero-order valence-corrected chi connectivity index (χ0v) is 14.7. The molecule has 1 aliphatic rings. The number of hydrogen-bond acceptors (Lipinski definition) is 6. The zero-order chi connectivity index (χ0) is 19.2. The van der Waals surface area contributed by atoms with Crippen molar-refractivity contribution < 1.29 is 19.1 Å². The summed E-state index contributed by atoms with van der Waals surface area (Å²) in [5.74, 6) is -1.44. The summed E-state index contributed by atoms with van der Waals surface area (Å²) >= 11 is 0. The van der Waals surface area contributed by atoms with Gasteiger partial charge in [0.05, 0.1) is 25.9 Å². The van der Waals surface area contributed by atoms with Crippen LogP contribution in [0.2, 0.25) is 0 Å². The zero-order valence-electron chi connectivity index (χ0n) is 14.7. The van der Waals surface area contributed by atoms with Gasteiger partial charge in [-0.2, -0.15) is 10.5 Å². The summed E-state index contributed by atoms with van der Waals surface area (Å²) in [5, 5.41) is 18.8. The van der Waals surface area contributed by atoms with E-state index in [0.29, 0.717) is 5.57 Å². The predicted molar refractivity (Wildman–Crippen MR) is 92.2 cm³/mol. The van der Waals surface area contributed by atoms with Crippen molar-refractivity contribution in [3.63, 3.8) is 0 Å². The molecule has 1 aromatic rings. The van der Waals surface area contributed by atoms with Crippen molar-refractivity contribution in [2.24, 2.45) is 10.8 Å². The summed E-state index contributed by atoms with van der Waals surface area (Å²) < 4.78 is 10.2. The maximum Gasteiger partial charge on any atom is 0.324 e. The highest BCUT2D eigenvalue weighted by Gasteiger charge is 2.50. The van der Waals surface area contributed by atoms with Crippen molar-refractivity contribution in [3.05, 3.63) is 48.0 Å². The fourth-order valence-corrected chi connectivity index (χ4v) is 3.25. The second kappa shape index (κ2) is 7.84. The lowest BCUT2D eigenvalue weighted by atomic mass is 9.73. The molecular weight excluding hydrogens is 332 g/mol. The highest BCUT2D eigenvalue weighted by Crippen LogP contribution is 2.40. The third-order valence-corrected chi connectivity index (χ3v) is 4.61. The Hall–Kier alpha value is -3.12. The molecule has 0 aliphatic carbocycles. The quantitative estimate of drug-likeness (QED) is 0.471. The average Bonchev–Trinajstić information content (AvgIpc) is 2.70. The van der Waals surface area contributed by atoms with Crippen LogP contribution in [-0.2, 0) is 25.5 Å². The van der Waals surface area contributed by atoms with Gasteiger partial charge in [-0.25, -0.2) is 0 Å². The van der Waals surface area contributed by atoms with E-state index in [1.165, 1.54) is 7.11 Å². The smallest absolute Gasteiger partial charge is 0.324 e. The second-order valence-electron chi connectivity index (χ2n) is 6.53.